The molecule has 46 heavy (non-hydrogen) atoms. The van der Waals surface area contributed by atoms with Gasteiger partial charge in [0.1, 0.15) is 23.7 Å². The van der Waals surface area contributed by atoms with Crippen LogP contribution in [0.1, 0.15) is 43.2 Å². The lowest BCUT2D eigenvalue weighted by Gasteiger charge is -2.41. The Morgan fingerprint density at radius 3 is 2.50 bits per heavy atom. The molecule has 3 atom stereocenters. The van der Waals surface area contributed by atoms with Crippen LogP contribution in [0.25, 0.3) is 0 Å². The molecular formula is C34H45IN2O9. The van der Waals surface area contributed by atoms with Gasteiger partial charge in [-0.05, 0) is 95.8 Å². The predicted molar refractivity (Wildman–Crippen MR) is 182 cm³/mol. The summed E-state index contributed by atoms with van der Waals surface area (Å²) in [4.78, 5) is 28.7. The highest BCUT2D eigenvalue weighted by Gasteiger charge is 2.40. The molecule has 0 heterocycles. The first-order chi connectivity index (χ1) is 22.2. The number of rotatable bonds is 18. The van der Waals surface area contributed by atoms with E-state index in [1.165, 1.54) is 7.11 Å². The van der Waals surface area contributed by atoms with Crippen molar-refractivity contribution < 1.29 is 43.9 Å². The molecule has 4 N–H and O–H groups in total. The zero-order chi connectivity index (χ0) is 33.6. The van der Waals surface area contributed by atoms with E-state index in [4.69, 9.17) is 18.9 Å². The molecule has 2 aromatic carbocycles. The summed E-state index contributed by atoms with van der Waals surface area (Å²) in [6, 6.07) is 8.02. The number of hydrogen-bond donors (Lipinski definition) is 4. The molecular weight excluding hydrogens is 707 g/mol. The minimum Gasteiger partial charge on any atom is -0.497 e. The van der Waals surface area contributed by atoms with Crippen molar-refractivity contribution in [1.29, 1.82) is 0 Å². The number of ether oxygens (including phenoxy) is 4. The van der Waals surface area contributed by atoms with Gasteiger partial charge in [-0.15, -0.1) is 6.58 Å². The lowest BCUT2D eigenvalue weighted by atomic mass is 9.87. The van der Waals surface area contributed by atoms with E-state index in [0.717, 1.165) is 18.4 Å². The van der Waals surface area contributed by atoms with Crippen LogP contribution in [0.15, 0.2) is 54.6 Å². The van der Waals surface area contributed by atoms with E-state index in [-0.39, 0.29) is 45.1 Å². The molecule has 0 saturated heterocycles. The Balaban J connectivity index is 2.02. The topological polar surface area (TPSA) is 147 Å². The number of carbonyl (C=O) groups excluding carboxylic acids is 2. The first-order valence-electron chi connectivity index (χ1n) is 15.2. The zero-order valence-corrected chi connectivity index (χ0v) is 28.8. The molecule has 0 aliphatic heterocycles. The molecule has 3 rings (SSSR count). The van der Waals surface area contributed by atoms with Gasteiger partial charge in [-0.25, -0.2) is 0 Å². The fourth-order valence-corrected chi connectivity index (χ4v) is 6.19. The van der Waals surface area contributed by atoms with Crippen molar-refractivity contribution in [3.63, 3.8) is 0 Å². The molecule has 0 spiro atoms. The molecule has 0 bridgehead atoms. The summed E-state index contributed by atoms with van der Waals surface area (Å²) in [6.45, 7) is 3.60. The second-order valence-corrected chi connectivity index (χ2v) is 12.0. The average Bonchev–Trinajstić information content (AvgIpc) is 3.07. The number of aliphatic hydroxyl groups is 3. The van der Waals surface area contributed by atoms with E-state index in [1.807, 2.05) is 12.1 Å². The number of nitrogens with zero attached hydrogens (tertiary/aromatic N) is 1. The van der Waals surface area contributed by atoms with Gasteiger partial charge in [0.15, 0.2) is 11.5 Å². The van der Waals surface area contributed by atoms with E-state index >= 15 is 0 Å². The first-order valence-corrected chi connectivity index (χ1v) is 16.3. The minimum atomic E-state index is -1.21. The van der Waals surface area contributed by atoms with Crippen LogP contribution in [0.2, 0.25) is 0 Å². The van der Waals surface area contributed by atoms with E-state index in [2.05, 4.69) is 34.5 Å². The van der Waals surface area contributed by atoms with Gasteiger partial charge in [-0.1, -0.05) is 6.08 Å². The molecule has 0 aromatic heterocycles. The lowest BCUT2D eigenvalue weighted by molar-refractivity contribution is -0.138. The molecule has 0 radical (unpaired) electrons. The summed E-state index contributed by atoms with van der Waals surface area (Å²) < 4.78 is 23.5. The zero-order valence-electron chi connectivity index (χ0n) is 26.7. The number of carbonyl (C=O) groups is 2. The van der Waals surface area contributed by atoms with Gasteiger partial charge in [0.2, 0.25) is 11.8 Å². The summed E-state index contributed by atoms with van der Waals surface area (Å²) in [5.74, 6) is 1.38. The highest BCUT2D eigenvalue weighted by molar-refractivity contribution is 14.1. The van der Waals surface area contributed by atoms with Crippen molar-refractivity contribution >= 4 is 34.4 Å². The largest absolute Gasteiger partial charge is 0.497 e. The Bertz CT molecular complexity index is 1370. The molecule has 1 aliphatic carbocycles. The van der Waals surface area contributed by atoms with Gasteiger partial charge < -0.3 is 44.5 Å². The first kappa shape index (κ1) is 37.1. The molecule has 11 nitrogen and oxygen atoms in total. The number of allylic oxidation sites excluding steroid dienone is 1. The Labute approximate surface area is 284 Å². The van der Waals surface area contributed by atoms with Crippen LogP contribution in [-0.2, 0) is 22.6 Å². The van der Waals surface area contributed by atoms with Crippen molar-refractivity contribution in [2.24, 2.45) is 0 Å². The molecule has 12 heteroatoms. The Kier molecular flexibility index (Phi) is 15.1. The summed E-state index contributed by atoms with van der Waals surface area (Å²) in [5.41, 5.74) is 1.76. The van der Waals surface area contributed by atoms with Crippen LogP contribution >= 0.6 is 22.6 Å². The Hall–Kier alpha value is -3.33. The van der Waals surface area contributed by atoms with Gasteiger partial charge in [0.25, 0.3) is 0 Å². The van der Waals surface area contributed by atoms with Gasteiger partial charge in [-0.3, -0.25) is 9.59 Å². The fraction of sp³-hybridized carbons (Fsp3) is 0.471. The van der Waals surface area contributed by atoms with Crippen LogP contribution in [0.4, 0.5) is 0 Å². The number of methoxy groups -OCH3 is 3. The van der Waals surface area contributed by atoms with Crippen LogP contribution in [-0.4, -0.2) is 91.3 Å². The van der Waals surface area contributed by atoms with Gasteiger partial charge in [0.05, 0.1) is 44.2 Å². The lowest BCUT2D eigenvalue weighted by Crippen LogP contribution is -2.55. The number of hydrogen-bond acceptors (Lipinski definition) is 9. The minimum absolute atomic E-state index is 0.0465. The van der Waals surface area contributed by atoms with Gasteiger partial charge in [-0.2, -0.15) is 0 Å². The van der Waals surface area contributed by atoms with Crippen molar-refractivity contribution in [3.8, 4) is 23.0 Å². The van der Waals surface area contributed by atoms with Crippen LogP contribution in [0, 0.1) is 3.57 Å². The van der Waals surface area contributed by atoms with Gasteiger partial charge in [0, 0.05) is 31.5 Å². The fourth-order valence-electron chi connectivity index (χ4n) is 5.40. The molecule has 2 amide bonds. The van der Waals surface area contributed by atoms with Crippen molar-refractivity contribution in [2.75, 3.05) is 41.0 Å². The van der Waals surface area contributed by atoms with Crippen molar-refractivity contribution in [2.45, 2.75) is 63.4 Å². The highest BCUT2D eigenvalue weighted by Crippen LogP contribution is 2.37. The molecule has 2 aromatic rings. The number of benzene rings is 2. The van der Waals surface area contributed by atoms with Crippen LogP contribution in [0.3, 0.4) is 0 Å². The maximum absolute atomic E-state index is 13.9. The summed E-state index contributed by atoms with van der Waals surface area (Å²) in [6.07, 6.45) is 4.07. The Morgan fingerprint density at radius 1 is 1.09 bits per heavy atom. The predicted octanol–water partition coefficient (Wildman–Crippen LogP) is 3.54. The summed E-state index contributed by atoms with van der Waals surface area (Å²) in [7, 11) is 4.63. The number of halogens is 1. The van der Waals surface area contributed by atoms with Crippen molar-refractivity contribution in [1.82, 2.24) is 10.2 Å². The normalized spacial score (nSPS) is 17.5. The number of amides is 2. The maximum Gasteiger partial charge on any atom is 0.247 e. The second-order valence-electron chi connectivity index (χ2n) is 10.8. The number of nitrogens with one attached hydrogen (secondary N) is 1. The number of unbranched alkanes of at least 4 members (excludes halogenated alkanes) is 2. The van der Waals surface area contributed by atoms with E-state index in [1.54, 1.807) is 49.5 Å². The van der Waals surface area contributed by atoms with E-state index < -0.39 is 24.2 Å². The Morgan fingerprint density at radius 2 is 1.85 bits per heavy atom. The van der Waals surface area contributed by atoms with Crippen LogP contribution in [0.5, 0.6) is 23.0 Å². The van der Waals surface area contributed by atoms with Crippen LogP contribution < -0.4 is 24.3 Å². The molecule has 0 saturated carbocycles. The average molecular weight is 753 g/mol. The van der Waals surface area contributed by atoms with Crippen molar-refractivity contribution in [3.05, 3.63) is 69.3 Å². The third-order valence-electron chi connectivity index (χ3n) is 7.82. The monoisotopic (exact) mass is 752 g/mol. The van der Waals surface area contributed by atoms with E-state index in [9.17, 15) is 24.9 Å². The third-order valence-corrected chi connectivity index (χ3v) is 8.62. The highest BCUT2D eigenvalue weighted by atomic mass is 127. The third kappa shape index (κ3) is 9.84. The summed E-state index contributed by atoms with van der Waals surface area (Å²) >= 11 is 2.06. The molecule has 252 valence electrons. The second kappa shape index (κ2) is 18.7. The summed E-state index contributed by atoms with van der Waals surface area (Å²) in [5, 5.41) is 33.5. The SMILES string of the molecule is C=CCCCCC(=O)N(CCc1cc(OC)ccc1OC)C1CC(C(=O)NCCO)=CC(Oc2c(I)cc(CO)cc2OC)C1O. The number of aliphatic hydroxyl groups excluding tert-OH is 3. The maximum atomic E-state index is 13.9. The molecule has 1 aliphatic rings. The van der Waals surface area contributed by atoms with Gasteiger partial charge >= 0.3 is 0 Å². The smallest absolute Gasteiger partial charge is 0.247 e. The van der Waals surface area contributed by atoms with E-state index in [0.29, 0.717) is 50.5 Å². The quantitative estimate of drug-likeness (QED) is 0.102. The molecule has 0 fully saturated rings. The standard InChI is InChI=1S/C34H45IN2O9/c1-5-6-7-8-9-31(40)37(14-12-23-18-25(43-2)10-11-28(23)44-3)27-19-24(34(42)36-13-15-38)20-29(32(27)41)46-33-26(35)16-22(21-39)17-30(33)45-4/h5,10-11,16-18,20,27,29,32,38-39,41H,1,6-9,12-15,19,21H2,2-4H3,(H,36,42). The molecule has 3 unspecified atom stereocenters.